The number of halogens is 6. The van der Waals surface area contributed by atoms with E-state index in [0.717, 1.165) is 55.1 Å². The highest BCUT2D eigenvalue weighted by atomic mass is 127. The Morgan fingerprint density at radius 3 is 2.48 bits per heavy atom. The summed E-state index contributed by atoms with van der Waals surface area (Å²) >= 11 is 0. The number of benzene rings is 2. The third-order valence-corrected chi connectivity index (χ3v) is 8.30. The maximum absolute atomic E-state index is 15.6. The number of hydrogen-bond donors (Lipinski definition) is 2. The first-order valence-corrected chi connectivity index (χ1v) is 12.8. The lowest BCUT2D eigenvalue weighted by Gasteiger charge is -2.29. The van der Waals surface area contributed by atoms with Crippen LogP contribution in [0.5, 0.6) is 0 Å². The van der Waals surface area contributed by atoms with Crippen LogP contribution < -0.4 is 4.90 Å². The first kappa shape index (κ1) is 30.4. The minimum absolute atomic E-state index is 0. The van der Waals surface area contributed by atoms with Crippen molar-refractivity contribution in [2.45, 2.75) is 57.3 Å². The molecule has 1 aliphatic carbocycles. The van der Waals surface area contributed by atoms with E-state index >= 15 is 4.39 Å². The van der Waals surface area contributed by atoms with Crippen molar-refractivity contribution in [3.05, 3.63) is 64.2 Å². The third-order valence-electron chi connectivity index (χ3n) is 8.30. The Kier molecular flexibility index (Phi) is 8.09. The number of carbonyl (C=O) groups excluding carboxylic acids is 1. The first-order chi connectivity index (χ1) is 18.3. The molecule has 2 aliphatic heterocycles. The summed E-state index contributed by atoms with van der Waals surface area (Å²) in [5.74, 6) is -1.40. The molecular formula is C28H31F5IN5O. The predicted octanol–water partition coefficient (Wildman–Crippen LogP) is 6.51. The molecule has 3 aliphatic rings. The van der Waals surface area contributed by atoms with Gasteiger partial charge in [0.1, 0.15) is 5.84 Å². The molecule has 6 nitrogen and oxygen atoms in total. The zero-order valence-electron chi connectivity index (χ0n) is 22.1. The van der Waals surface area contributed by atoms with Crippen LogP contribution in [0.15, 0.2) is 36.4 Å². The van der Waals surface area contributed by atoms with E-state index in [-0.39, 0.29) is 52.9 Å². The normalized spacial score (nSPS) is 20.1. The summed E-state index contributed by atoms with van der Waals surface area (Å²) in [7, 11) is 1.24. The van der Waals surface area contributed by atoms with Crippen LogP contribution in [0.2, 0.25) is 0 Å². The highest BCUT2D eigenvalue weighted by Gasteiger charge is 2.48. The Bertz CT molecular complexity index is 1340. The molecule has 40 heavy (non-hydrogen) atoms. The number of likely N-dealkylation sites (tertiary alicyclic amines) is 1. The third kappa shape index (κ3) is 5.48. The zero-order valence-corrected chi connectivity index (χ0v) is 24.4. The molecule has 1 saturated carbocycles. The molecule has 0 unspecified atom stereocenters. The van der Waals surface area contributed by atoms with E-state index in [1.807, 2.05) is 0 Å². The zero-order chi connectivity index (χ0) is 28.3. The van der Waals surface area contributed by atoms with Crippen molar-refractivity contribution in [2.75, 3.05) is 25.0 Å². The Hall–Kier alpha value is -2.61. The Morgan fingerprint density at radius 2 is 1.88 bits per heavy atom. The van der Waals surface area contributed by atoms with E-state index in [9.17, 15) is 22.4 Å². The second-order valence-corrected chi connectivity index (χ2v) is 11.1. The van der Waals surface area contributed by atoms with Crippen molar-refractivity contribution < 1.29 is 26.7 Å². The average Bonchev–Trinajstić information content (AvgIpc) is 3.42. The summed E-state index contributed by atoms with van der Waals surface area (Å²) in [6.45, 7) is 2.59. The molecule has 2 N–H and O–H groups in total. The lowest BCUT2D eigenvalue weighted by Crippen LogP contribution is -2.42. The number of nitrogens with zero attached hydrogens (tertiary/aromatic N) is 3. The van der Waals surface area contributed by atoms with Gasteiger partial charge in [0.25, 0.3) is 5.91 Å². The molecule has 12 heteroatoms. The van der Waals surface area contributed by atoms with Gasteiger partial charge in [0.15, 0.2) is 11.8 Å². The molecule has 0 bridgehead atoms. The monoisotopic (exact) mass is 675 g/mol. The van der Waals surface area contributed by atoms with E-state index in [0.29, 0.717) is 23.9 Å². The molecule has 2 aromatic carbocycles. The number of anilines is 1. The molecule has 2 fully saturated rings. The van der Waals surface area contributed by atoms with Gasteiger partial charge in [-0.2, -0.15) is 13.2 Å². The van der Waals surface area contributed by atoms with Crippen LogP contribution >= 0.6 is 24.0 Å². The molecule has 0 radical (unpaired) electrons. The smallest absolute Gasteiger partial charge is 0.322 e. The average molecular weight is 675 g/mol. The van der Waals surface area contributed by atoms with Crippen molar-refractivity contribution in [2.24, 2.45) is 5.41 Å². The van der Waals surface area contributed by atoms with Gasteiger partial charge in [-0.05, 0) is 79.1 Å². The van der Waals surface area contributed by atoms with E-state index < -0.39 is 35.3 Å². The van der Waals surface area contributed by atoms with E-state index in [2.05, 4.69) is 4.90 Å². The van der Waals surface area contributed by atoms with E-state index in [1.165, 1.54) is 37.4 Å². The molecular weight excluding hydrogens is 644 g/mol. The standard InChI is InChI=1S/C28H30F5N5O.HI/c1-26(30,23(29)24(35)36(2)16-34)18-4-3-5-19(12-18)38-14-21-20(25(38)39)10-17(11-22(21)28(31,32)33)13-37-9-8-27(15-37)6-7-27;/h3-5,10-12,16,23,34-35H,6-9,13-15H2,1-2H3;1H/t23-,26+;/m0./s1. The first-order valence-electron chi connectivity index (χ1n) is 12.8. The van der Waals surface area contributed by atoms with Gasteiger partial charge >= 0.3 is 6.18 Å². The summed E-state index contributed by atoms with van der Waals surface area (Å²) in [5.41, 5.74) is -3.04. The van der Waals surface area contributed by atoms with Crippen LogP contribution in [0, 0.1) is 16.2 Å². The van der Waals surface area contributed by atoms with Crippen LogP contribution in [-0.2, 0) is 24.9 Å². The molecule has 0 aromatic heterocycles. The summed E-state index contributed by atoms with van der Waals surface area (Å²) in [6, 6.07) is 8.03. The van der Waals surface area contributed by atoms with Gasteiger partial charge in [-0.3, -0.25) is 20.5 Å². The van der Waals surface area contributed by atoms with E-state index in [1.54, 1.807) is 0 Å². The van der Waals surface area contributed by atoms with Gasteiger partial charge < -0.3 is 9.80 Å². The van der Waals surface area contributed by atoms with Gasteiger partial charge in [0.05, 0.1) is 18.4 Å². The number of fused-ring (bicyclic) bond motifs is 1. The second-order valence-electron chi connectivity index (χ2n) is 11.1. The SMILES string of the molecule is CN(C=N)C(=N)[C@H](F)[C@](C)(F)c1cccc(N2Cc3c(cc(CN4CCC5(CC5)C4)cc3C(F)(F)F)C2=O)c1.I. The fourth-order valence-corrected chi connectivity index (χ4v) is 5.66. The highest BCUT2D eigenvalue weighted by Crippen LogP contribution is 2.53. The molecule has 1 spiro atoms. The Balaban J connectivity index is 0.00000370. The largest absolute Gasteiger partial charge is 0.416 e. The van der Waals surface area contributed by atoms with Crippen molar-refractivity contribution in [3.63, 3.8) is 0 Å². The van der Waals surface area contributed by atoms with Gasteiger partial charge in [-0.1, -0.05) is 12.1 Å². The van der Waals surface area contributed by atoms with Crippen molar-refractivity contribution in [1.82, 2.24) is 9.80 Å². The molecule has 1 saturated heterocycles. The maximum atomic E-state index is 15.6. The highest BCUT2D eigenvalue weighted by molar-refractivity contribution is 14.0. The topological polar surface area (TPSA) is 74.5 Å². The van der Waals surface area contributed by atoms with Crippen molar-refractivity contribution in [1.29, 1.82) is 10.8 Å². The van der Waals surface area contributed by atoms with Crippen LogP contribution in [0.1, 0.15) is 58.8 Å². The Labute approximate surface area is 246 Å². The number of amides is 1. The predicted molar refractivity (Wildman–Crippen MR) is 153 cm³/mol. The molecule has 5 rings (SSSR count). The summed E-state index contributed by atoms with van der Waals surface area (Å²) in [4.78, 5) is 17.5. The second kappa shape index (κ2) is 10.7. The number of alkyl halides is 5. The maximum Gasteiger partial charge on any atom is 0.416 e. The minimum atomic E-state index is -4.67. The van der Waals surface area contributed by atoms with Crippen LogP contribution in [0.3, 0.4) is 0 Å². The van der Waals surface area contributed by atoms with Crippen LogP contribution in [-0.4, -0.2) is 54.2 Å². The summed E-state index contributed by atoms with van der Waals surface area (Å²) < 4.78 is 73.0. The van der Waals surface area contributed by atoms with Crippen molar-refractivity contribution in [3.8, 4) is 0 Å². The summed E-state index contributed by atoms with van der Waals surface area (Å²) in [5, 5.41) is 15.0. The molecule has 1 amide bonds. The fourth-order valence-electron chi connectivity index (χ4n) is 5.66. The number of rotatable bonds is 7. The molecule has 2 atom stereocenters. The molecule has 2 heterocycles. The lowest BCUT2D eigenvalue weighted by atomic mass is 9.91. The van der Waals surface area contributed by atoms with Gasteiger partial charge in [-0.25, -0.2) is 8.78 Å². The number of amidine groups is 1. The van der Waals surface area contributed by atoms with Crippen molar-refractivity contribution >= 4 is 47.7 Å². The molecule has 216 valence electrons. The van der Waals surface area contributed by atoms with Crippen LogP contribution in [0.25, 0.3) is 0 Å². The van der Waals surface area contributed by atoms with Gasteiger partial charge in [0.2, 0.25) is 0 Å². The van der Waals surface area contributed by atoms with Gasteiger partial charge in [-0.15, -0.1) is 24.0 Å². The van der Waals surface area contributed by atoms with E-state index in [4.69, 9.17) is 10.8 Å². The fraction of sp³-hybridized carbons (Fsp3) is 0.464. The quantitative estimate of drug-likeness (QED) is 0.152. The molecule has 2 aromatic rings. The number of nitrogens with one attached hydrogen (secondary N) is 2. The van der Waals surface area contributed by atoms with Gasteiger partial charge in [0, 0.05) is 31.4 Å². The number of hydrogen-bond acceptors (Lipinski definition) is 4. The summed E-state index contributed by atoms with van der Waals surface area (Å²) in [6.07, 6.45) is -3.07. The lowest BCUT2D eigenvalue weighted by molar-refractivity contribution is -0.138. The number of carbonyl (C=O) groups is 1. The van der Waals surface area contributed by atoms with Crippen LogP contribution in [0.4, 0.5) is 27.6 Å². The minimum Gasteiger partial charge on any atom is -0.322 e. The Morgan fingerprint density at radius 1 is 1.18 bits per heavy atom.